The number of hydrogen-bond acceptors (Lipinski definition) is 2. The van der Waals surface area contributed by atoms with Gasteiger partial charge in [0.05, 0.1) is 0 Å². The summed E-state index contributed by atoms with van der Waals surface area (Å²) in [5.41, 5.74) is 1.84. The van der Waals surface area contributed by atoms with E-state index in [2.05, 4.69) is 24.5 Å². The van der Waals surface area contributed by atoms with Crippen LogP contribution < -0.4 is 10.6 Å². The summed E-state index contributed by atoms with van der Waals surface area (Å²) in [6.45, 7) is 4.18. The Bertz CT molecular complexity index is 450. The molecule has 0 heterocycles. The summed E-state index contributed by atoms with van der Waals surface area (Å²) >= 11 is 0. The van der Waals surface area contributed by atoms with Crippen LogP contribution in [0.15, 0.2) is 36.5 Å². The Morgan fingerprint density at radius 2 is 1.83 bits per heavy atom. The van der Waals surface area contributed by atoms with Crippen LogP contribution in [0.4, 0.5) is 10.5 Å². The molecule has 0 aliphatic carbocycles. The zero-order valence-corrected chi connectivity index (χ0v) is 10.3. The summed E-state index contributed by atoms with van der Waals surface area (Å²) in [5, 5.41) is 13.2. The lowest BCUT2D eigenvalue weighted by Crippen LogP contribution is -2.24. The second-order valence-electron chi connectivity index (χ2n) is 4.05. The highest BCUT2D eigenvalue weighted by atomic mass is 16.4. The summed E-state index contributed by atoms with van der Waals surface area (Å²) in [6, 6.07) is 7.00. The lowest BCUT2D eigenvalue weighted by Gasteiger charge is -2.08. The largest absolute Gasteiger partial charge is 0.478 e. The summed E-state index contributed by atoms with van der Waals surface area (Å²) in [4.78, 5) is 21.5. The van der Waals surface area contributed by atoms with Gasteiger partial charge in [-0.15, -0.1) is 0 Å². The minimum absolute atomic E-state index is 0.436. The zero-order chi connectivity index (χ0) is 13.5. The SMILES string of the molecule is CC(C)c1ccc(NC(=O)N/C=C/C(=O)O)cc1. The molecule has 0 unspecified atom stereocenters. The predicted octanol–water partition coefficient (Wildman–Crippen LogP) is 2.53. The molecule has 1 aromatic carbocycles. The van der Waals surface area contributed by atoms with Crippen molar-refractivity contribution in [3.05, 3.63) is 42.1 Å². The van der Waals surface area contributed by atoms with Crippen LogP contribution >= 0.6 is 0 Å². The number of carboxylic acids is 1. The molecule has 0 bridgehead atoms. The molecule has 96 valence electrons. The fourth-order valence-corrected chi connectivity index (χ4v) is 1.31. The minimum atomic E-state index is -1.11. The van der Waals surface area contributed by atoms with Crippen molar-refractivity contribution in [2.24, 2.45) is 0 Å². The van der Waals surface area contributed by atoms with Crippen LogP contribution in [0, 0.1) is 0 Å². The van der Waals surface area contributed by atoms with Gasteiger partial charge < -0.3 is 15.7 Å². The first-order valence-electron chi connectivity index (χ1n) is 5.56. The number of carbonyl (C=O) groups excluding carboxylic acids is 1. The summed E-state index contributed by atoms with van der Waals surface area (Å²) < 4.78 is 0. The number of carbonyl (C=O) groups is 2. The Hall–Kier alpha value is -2.30. The van der Waals surface area contributed by atoms with E-state index in [1.54, 1.807) is 12.1 Å². The number of benzene rings is 1. The molecule has 0 saturated heterocycles. The van der Waals surface area contributed by atoms with Crippen LogP contribution in [-0.2, 0) is 4.79 Å². The Kier molecular flexibility index (Phi) is 4.92. The van der Waals surface area contributed by atoms with Crippen LogP contribution in [0.25, 0.3) is 0 Å². The topological polar surface area (TPSA) is 78.4 Å². The second kappa shape index (κ2) is 6.44. The Morgan fingerprint density at radius 3 is 2.33 bits per heavy atom. The van der Waals surface area contributed by atoms with Gasteiger partial charge in [-0.2, -0.15) is 0 Å². The third-order valence-corrected chi connectivity index (χ3v) is 2.28. The first kappa shape index (κ1) is 13.8. The van der Waals surface area contributed by atoms with Crippen LogP contribution in [0.1, 0.15) is 25.3 Å². The highest BCUT2D eigenvalue weighted by Crippen LogP contribution is 2.16. The number of amides is 2. The quantitative estimate of drug-likeness (QED) is 0.716. The number of nitrogens with one attached hydrogen (secondary N) is 2. The molecule has 1 aromatic rings. The van der Waals surface area contributed by atoms with Gasteiger partial charge in [-0.05, 0) is 23.6 Å². The molecular formula is C13H16N2O3. The standard InChI is InChI=1S/C13H16N2O3/c1-9(2)10-3-5-11(6-4-10)15-13(18)14-8-7-12(16)17/h3-9H,1-2H3,(H,16,17)(H2,14,15,18)/b8-7+. The molecule has 0 aromatic heterocycles. The van der Waals surface area contributed by atoms with Gasteiger partial charge in [0.1, 0.15) is 0 Å². The molecule has 0 saturated carbocycles. The van der Waals surface area contributed by atoms with Crippen molar-refractivity contribution in [1.82, 2.24) is 5.32 Å². The highest BCUT2D eigenvalue weighted by Gasteiger charge is 2.01. The molecule has 0 radical (unpaired) electrons. The zero-order valence-electron chi connectivity index (χ0n) is 10.3. The fourth-order valence-electron chi connectivity index (χ4n) is 1.31. The third kappa shape index (κ3) is 4.69. The van der Waals surface area contributed by atoms with Crippen molar-refractivity contribution in [2.75, 3.05) is 5.32 Å². The van der Waals surface area contributed by atoms with E-state index in [4.69, 9.17) is 5.11 Å². The summed E-state index contributed by atoms with van der Waals surface area (Å²) in [5.74, 6) is -0.678. The van der Waals surface area contributed by atoms with Crippen molar-refractivity contribution < 1.29 is 14.7 Å². The minimum Gasteiger partial charge on any atom is -0.478 e. The van der Waals surface area contributed by atoms with E-state index in [0.29, 0.717) is 11.6 Å². The van der Waals surface area contributed by atoms with E-state index >= 15 is 0 Å². The molecule has 0 aliphatic heterocycles. The lowest BCUT2D eigenvalue weighted by atomic mass is 10.0. The van der Waals surface area contributed by atoms with E-state index in [1.165, 1.54) is 5.56 Å². The number of carboxylic acid groups (broad SMARTS) is 1. The van der Waals surface area contributed by atoms with Crippen molar-refractivity contribution in [1.29, 1.82) is 0 Å². The average molecular weight is 248 g/mol. The number of anilines is 1. The van der Waals surface area contributed by atoms with Gasteiger partial charge in [0.2, 0.25) is 0 Å². The van der Waals surface area contributed by atoms with E-state index in [1.807, 2.05) is 12.1 Å². The number of hydrogen-bond donors (Lipinski definition) is 3. The molecule has 0 aliphatic rings. The van der Waals surface area contributed by atoms with Crippen LogP contribution in [0.2, 0.25) is 0 Å². The van der Waals surface area contributed by atoms with E-state index in [0.717, 1.165) is 12.3 Å². The second-order valence-corrected chi connectivity index (χ2v) is 4.05. The average Bonchev–Trinajstić information content (AvgIpc) is 2.29. The third-order valence-electron chi connectivity index (χ3n) is 2.28. The summed E-state index contributed by atoms with van der Waals surface area (Å²) in [7, 11) is 0. The number of rotatable bonds is 4. The van der Waals surface area contributed by atoms with Crippen molar-refractivity contribution in [3.8, 4) is 0 Å². The van der Waals surface area contributed by atoms with Gasteiger partial charge in [-0.1, -0.05) is 26.0 Å². The molecule has 0 spiro atoms. The predicted molar refractivity (Wildman–Crippen MR) is 69.5 cm³/mol. The maximum absolute atomic E-state index is 11.3. The van der Waals surface area contributed by atoms with E-state index in [-0.39, 0.29) is 0 Å². The number of urea groups is 1. The van der Waals surface area contributed by atoms with E-state index < -0.39 is 12.0 Å². The Balaban J connectivity index is 2.52. The van der Waals surface area contributed by atoms with Gasteiger partial charge in [-0.3, -0.25) is 0 Å². The summed E-state index contributed by atoms with van der Waals surface area (Å²) in [6.07, 6.45) is 1.92. The Labute approximate surface area is 106 Å². The van der Waals surface area contributed by atoms with Gasteiger partial charge in [0.15, 0.2) is 0 Å². The van der Waals surface area contributed by atoms with Crippen molar-refractivity contribution in [3.63, 3.8) is 0 Å². The monoisotopic (exact) mass is 248 g/mol. The maximum atomic E-state index is 11.3. The van der Waals surface area contributed by atoms with Crippen molar-refractivity contribution >= 4 is 17.7 Å². The smallest absolute Gasteiger partial charge is 0.329 e. The maximum Gasteiger partial charge on any atom is 0.329 e. The molecule has 1 rings (SSSR count). The first-order chi connectivity index (χ1) is 8.49. The van der Waals surface area contributed by atoms with Crippen LogP contribution in [-0.4, -0.2) is 17.1 Å². The van der Waals surface area contributed by atoms with Crippen LogP contribution in [0.3, 0.4) is 0 Å². The fraction of sp³-hybridized carbons (Fsp3) is 0.231. The van der Waals surface area contributed by atoms with Gasteiger partial charge in [0.25, 0.3) is 0 Å². The van der Waals surface area contributed by atoms with Gasteiger partial charge in [0, 0.05) is 18.0 Å². The normalized spacial score (nSPS) is 10.6. The first-order valence-corrected chi connectivity index (χ1v) is 5.56. The Morgan fingerprint density at radius 1 is 1.22 bits per heavy atom. The highest BCUT2D eigenvalue weighted by molar-refractivity contribution is 5.90. The number of aliphatic carboxylic acids is 1. The van der Waals surface area contributed by atoms with Gasteiger partial charge >= 0.3 is 12.0 Å². The van der Waals surface area contributed by atoms with Crippen LogP contribution in [0.5, 0.6) is 0 Å². The lowest BCUT2D eigenvalue weighted by molar-refractivity contribution is -0.131. The van der Waals surface area contributed by atoms with E-state index in [9.17, 15) is 9.59 Å². The van der Waals surface area contributed by atoms with Gasteiger partial charge in [-0.25, -0.2) is 9.59 Å². The molecule has 3 N–H and O–H groups in total. The van der Waals surface area contributed by atoms with Crippen molar-refractivity contribution in [2.45, 2.75) is 19.8 Å². The molecule has 0 fully saturated rings. The molecule has 2 amide bonds. The molecule has 5 heteroatoms. The molecule has 0 atom stereocenters. The molecular weight excluding hydrogens is 232 g/mol. The molecule has 18 heavy (non-hydrogen) atoms. The molecule has 5 nitrogen and oxygen atoms in total.